The molecule has 2 amide bonds. The number of amides is 2. The van der Waals surface area contributed by atoms with Gasteiger partial charge in [-0.25, -0.2) is 13.4 Å². The van der Waals surface area contributed by atoms with Crippen LogP contribution in [-0.2, 0) is 14.8 Å². The van der Waals surface area contributed by atoms with E-state index in [0.29, 0.717) is 49.1 Å². The summed E-state index contributed by atoms with van der Waals surface area (Å²) in [5.41, 5.74) is 4.18. The minimum absolute atomic E-state index is 0.0241. The van der Waals surface area contributed by atoms with Crippen molar-refractivity contribution in [3.8, 4) is 17.0 Å². The second-order valence-corrected chi connectivity index (χ2v) is 16.9. The molecule has 4 aromatic rings. The molecule has 2 N–H and O–H groups in total. The van der Waals surface area contributed by atoms with Gasteiger partial charge in [-0.3, -0.25) is 14.5 Å². The molecule has 0 spiro atoms. The summed E-state index contributed by atoms with van der Waals surface area (Å²) in [6.07, 6.45) is 11.2. The molecule has 12 nitrogen and oxygen atoms in total. The molecule has 3 aliphatic rings. The highest BCUT2D eigenvalue weighted by Crippen LogP contribution is 2.29. The number of benzene rings is 3. The standard InChI is InChI=1S/C43H52N6O6S/c1-47(23-24-48-25-27-54-28-26-48)56(52,53)38-12-8-9-33(29-38)42(50)46-40-19-18-36(49-21-6-3-7-22-49)30-39(40)43(51)45-35-16-13-32(14-17-35)34-15-20-41(44-31-34)55-37-10-4-2-5-11-37/h8-9,12-20,29-31,37H,2-7,10-11,21-28H2,1H3,(H,45,51)(H,46,50). The Labute approximate surface area is 330 Å². The highest BCUT2D eigenvalue weighted by atomic mass is 32.2. The third kappa shape index (κ3) is 9.94. The Balaban J connectivity index is 1.05. The first-order valence-electron chi connectivity index (χ1n) is 19.8. The van der Waals surface area contributed by atoms with E-state index in [2.05, 4.69) is 25.4 Å². The SMILES string of the molecule is CN(CCN1CCOCC1)S(=O)(=O)c1cccc(C(=O)Nc2ccc(N3CCCCC3)cc2C(=O)Nc2ccc(-c3ccc(OC4CCCCC4)nc3)cc2)c1. The summed E-state index contributed by atoms with van der Waals surface area (Å²) in [4.78, 5) is 36.7. The summed E-state index contributed by atoms with van der Waals surface area (Å²) in [5.74, 6) is -0.262. The Morgan fingerprint density at radius 1 is 0.821 bits per heavy atom. The van der Waals surface area contributed by atoms with Gasteiger partial charge in [0.25, 0.3) is 11.8 Å². The van der Waals surface area contributed by atoms with Gasteiger partial charge in [0.15, 0.2) is 0 Å². The van der Waals surface area contributed by atoms with Crippen LogP contribution in [0.4, 0.5) is 17.1 Å². The Morgan fingerprint density at radius 3 is 2.29 bits per heavy atom. The zero-order valence-corrected chi connectivity index (χ0v) is 32.9. The Kier molecular flexibility index (Phi) is 13.0. The first-order valence-corrected chi connectivity index (χ1v) is 21.3. The number of aromatic nitrogens is 1. The Hall–Kier alpha value is -4.82. The maximum absolute atomic E-state index is 14.0. The van der Waals surface area contributed by atoms with Crippen molar-refractivity contribution in [2.24, 2.45) is 0 Å². The topological polar surface area (TPSA) is 133 Å². The van der Waals surface area contributed by atoms with Crippen molar-refractivity contribution in [2.45, 2.75) is 62.4 Å². The van der Waals surface area contributed by atoms with E-state index in [1.807, 2.05) is 54.7 Å². The number of likely N-dealkylation sites (N-methyl/N-ethyl adjacent to an activating group) is 1. The van der Waals surface area contributed by atoms with E-state index in [4.69, 9.17) is 9.47 Å². The number of piperidine rings is 1. The first kappa shape index (κ1) is 39.4. The van der Waals surface area contributed by atoms with Gasteiger partial charge in [-0.2, -0.15) is 4.31 Å². The number of anilines is 3. The van der Waals surface area contributed by atoms with Crippen molar-refractivity contribution in [3.63, 3.8) is 0 Å². The van der Waals surface area contributed by atoms with Gasteiger partial charge >= 0.3 is 0 Å². The molecule has 0 unspecified atom stereocenters. The highest BCUT2D eigenvalue weighted by molar-refractivity contribution is 7.89. The fourth-order valence-corrected chi connectivity index (χ4v) is 8.70. The van der Waals surface area contributed by atoms with Crippen LogP contribution in [0.2, 0.25) is 0 Å². The zero-order valence-electron chi connectivity index (χ0n) is 32.1. The molecule has 0 radical (unpaired) electrons. The molecule has 7 rings (SSSR count). The van der Waals surface area contributed by atoms with Crippen LogP contribution in [0.15, 0.2) is 90.0 Å². The fraction of sp³-hybridized carbons (Fsp3) is 0.419. The number of rotatable bonds is 13. The molecule has 2 saturated heterocycles. The zero-order chi connectivity index (χ0) is 38.9. The summed E-state index contributed by atoms with van der Waals surface area (Å²) >= 11 is 0. The minimum atomic E-state index is -3.85. The first-order chi connectivity index (χ1) is 27.2. The molecule has 3 fully saturated rings. The molecular formula is C43H52N6O6S. The number of nitrogens with zero attached hydrogens (tertiary/aromatic N) is 4. The average Bonchev–Trinajstić information content (AvgIpc) is 3.24. The Morgan fingerprint density at radius 2 is 1.55 bits per heavy atom. The second kappa shape index (κ2) is 18.4. The van der Waals surface area contributed by atoms with Crippen LogP contribution in [0.5, 0.6) is 5.88 Å². The molecule has 1 aromatic heterocycles. The lowest BCUT2D eigenvalue weighted by Gasteiger charge is -2.29. The van der Waals surface area contributed by atoms with Crippen molar-refractivity contribution in [3.05, 3.63) is 96.2 Å². The molecule has 0 bridgehead atoms. The van der Waals surface area contributed by atoms with Crippen molar-refractivity contribution >= 4 is 38.9 Å². The third-order valence-corrected chi connectivity index (χ3v) is 12.8. The molecule has 3 aromatic carbocycles. The van der Waals surface area contributed by atoms with Crippen LogP contribution in [0.3, 0.4) is 0 Å². The normalized spacial score (nSPS) is 17.1. The molecule has 0 atom stereocenters. The van der Waals surface area contributed by atoms with Crippen LogP contribution < -0.4 is 20.3 Å². The van der Waals surface area contributed by atoms with E-state index in [-0.39, 0.29) is 22.5 Å². The van der Waals surface area contributed by atoms with E-state index >= 15 is 0 Å². The number of sulfonamides is 1. The van der Waals surface area contributed by atoms with Gasteiger partial charge < -0.3 is 25.0 Å². The predicted molar refractivity (Wildman–Crippen MR) is 219 cm³/mol. The van der Waals surface area contributed by atoms with E-state index in [0.717, 1.165) is 68.7 Å². The van der Waals surface area contributed by atoms with E-state index in [1.54, 1.807) is 25.2 Å². The van der Waals surface area contributed by atoms with Gasteiger partial charge in [-0.05, 0) is 105 Å². The molecule has 296 valence electrons. The second-order valence-electron chi connectivity index (χ2n) is 14.8. The lowest BCUT2D eigenvalue weighted by molar-refractivity contribution is 0.0368. The quantitative estimate of drug-likeness (QED) is 0.149. The Bertz CT molecular complexity index is 2060. The van der Waals surface area contributed by atoms with E-state index in [9.17, 15) is 18.0 Å². The largest absolute Gasteiger partial charge is 0.474 e. The van der Waals surface area contributed by atoms with E-state index < -0.39 is 15.9 Å². The number of nitrogens with one attached hydrogen (secondary N) is 2. The smallest absolute Gasteiger partial charge is 0.257 e. The van der Waals surface area contributed by atoms with Crippen LogP contribution in [0.1, 0.15) is 72.1 Å². The maximum Gasteiger partial charge on any atom is 0.257 e. The maximum atomic E-state index is 14.0. The average molecular weight is 781 g/mol. The lowest BCUT2D eigenvalue weighted by Crippen LogP contribution is -2.41. The molecule has 2 aliphatic heterocycles. The predicted octanol–water partition coefficient (Wildman–Crippen LogP) is 6.91. The highest BCUT2D eigenvalue weighted by Gasteiger charge is 2.24. The van der Waals surface area contributed by atoms with Gasteiger partial charge in [0, 0.05) is 81.1 Å². The van der Waals surface area contributed by atoms with Gasteiger partial charge in [0.2, 0.25) is 15.9 Å². The number of carbonyl (C=O) groups is 2. The van der Waals surface area contributed by atoms with Crippen molar-refractivity contribution in [2.75, 3.05) is 75.1 Å². The van der Waals surface area contributed by atoms with Crippen molar-refractivity contribution in [1.29, 1.82) is 0 Å². The minimum Gasteiger partial charge on any atom is -0.474 e. The van der Waals surface area contributed by atoms with Crippen LogP contribution >= 0.6 is 0 Å². The molecule has 13 heteroatoms. The molecule has 1 saturated carbocycles. The number of pyridine rings is 1. The molecule has 56 heavy (non-hydrogen) atoms. The number of morpholine rings is 1. The van der Waals surface area contributed by atoms with Crippen molar-refractivity contribution in [1.82, 2.24) is 14.2 Å². The van der Waals surface area contributed by atoms with Gasteiger partial charge in [0.05, 0.1) is 29.4 Å². The van der Waals surface area contributed by atoms with Crippen molar-refractivity contribution < 1.29 is 27.5 Å². The number of ether oxygens (including phenoxy) is 2. The van der Waals surface area contributed by atoms with Gasteiger partial charge in [0.1, 0.15) is 6.10 Å². The summed E-state index contributed by atoms with van der Waals surface area (Å²) in [6.45, 7) is 5.46. The summed E-state index contributed by atoms with van der Waals surface area (Å²) in [7, 11) is -2.31. The van der Waals surface area contributed by atoms with Gasteiger partial charge in [-0.15, -0.1) is 0 Å². The van der Waals surface area contributed by atoms with Gasteiger partial charge in [-0.1, -0.05) is 24.6 Å². The van der Waals surface area contributed by atoms with Crippen LogP contribution in [-0.4, -0.2) is 100 Å². The molecular weight excluding hydrogens is 729 g/mol. The fourth-order valence-electron chi connectivity index (χ4n) is 7.50. The monoisotopic (exact) mass is 780 g/mol. The summed E-state index contributed by atoms with van der Waals surface area (Å²) in [6, 6.07) is 22.9. The summed E-state index contributed by atoms with van der Waals surface area (Å²) in [5, 5.41) is 5.91. The molecule has 3 heterocycles. The number of hydrogen-bond acceptors (Lipinski definition) is 9. The number of carbonyl (C=O) groups excluding carboxylic acids is 2. The van der Waals surface area contributed by atoms with Crippen LogP contribution in [0, 0.1) is 0 Å². The summed E-state index contributed by atoms with van der Waals surface area (Å²) < 4.78 is 39.8. The molecule has 1 aliphatic carbocycles. The van der Waals surface area contributed by atoms with E-state index in [1.165, 1.54) is 42.1 Å². The van der Waals surface area contributed by atoms with Crippen LogP contribution in [0.25, 0.3) is 11.1 Å². The number of hydrogen-bond donors (Lipinski definition) is 2. The third-order valence-electron chi connectivity index (χ3n) is 10.9. The lowest BCUT2D eigenvalue weighted by atomic mass is 9.98.